The maximum absolute atomic E-state index is 13.6. The molecule has 0 radical (unpaired) electrons. The van der Waals surface area contributed by atoms with E-state index in [1.165, 1.54) is 18.3 Å². The van der Waals surface area contributed by atoms with E-state index in [4.69, 9.17) is 5.73 Å². The first-order valence-corrected chi connectivity index (χ1v) is 5.41. The summed E-state index contributed by atoms with van der Waals surface area (Å²) in [6, 6.07) is 9.40. The van der Waals surface area contributed by atoms with Gasteiger partial charge >= 0.3 is 0 Å². The molecule has 1 aromatic carbocycles. The molecule has 0 spiro atoms. The van der Waals surface area contributed by atoms with E-state index in [1.54, 1.807) is 24.3 Å². The fourth-order valence-corrected chi connectivity index (χ4v) is 1.47. The molecule has 2 aromatic rings. The third-order valence-corrected chi connectivity index (χ3v) is 2.41. The van der Waals surface area contributed by atoms with Crippen molar-refractivity contribution in [1.29, 1.82) is 0 Å². The van der Waals surface area contributed by atoms with Gasteiger partial charge in [0, 0.05) is 12.7 Å². The molecule has 0 saturated heterocycles. The van der Waals surface area contributed by atoms with E-state index >= 15 is 0 Å². The summed E-state index contributed by atoms with van der Waals surface area (Å²) in [5.74, 6) is -0.961. The first-order valence-electron chi connectivity index (χ1n) is 5.41. The first-order chi connectivity index (χ1) is 8.70. The van der Waals surface area contributed by atoms with Crippen LogP contribution in [0.5, 0.6) is 0 Å². The Kier molecular flexibility index (Phi) is 3.64. The van der Waals surface area contributed by atoms with E-state index in [2.05, 4.69) is 10.3 Å². The Hall–Kier alpha value is -2.27. The Morgan fingerprint density at radius 3 is 2.78 bits per heavy atom. The summed E-state index contributed by atoms with van der Waals surface area (Å²) in [5.41, 5.74) is 6.42. The quantitative estimate of drug-likeness (QED) is 0.868. The van der Waals surface area contributed by atoms with Crippen molar-refractivity contribution in [2.45, 2.75) is 6.54 Å². The first kappa shape index (κ1) is 12.2. The molecule has 1 amide bonds. The standard InChI is InChI=1S/C13H12FN3O/c14-10-7-9(8-15)4-5-11(10)17-13(18)12-3-1-2-6-16-12/h1-7H,8,15H2,(H,17,18). The number of nitrogens with one attached hydrogen (secondary N) is 1. The largest absolute Gasteiger partial charge is 0.326 e. The predicted molar refractivity (Wildman–Crippen MR) is 66.5 cm³/mol. The number of hydrogen-bond acceptors (Lipinski definition) is 3. The number of nitrogens with zero attached hydrogens (tertiary/aromatic N) is 1. The Balaban J connectivity index is 2.17. The number of pyridine rings is 1. The average molecular weight is 245 g/mol. The fraction of sp³-hybridized carbons (Fsp3) is 0.0769. The second-order valence-electron chi connectivity index (χ2n) is 3.69. The fourth-order valence-electron chi connectivity index (χ4n) is 1.47. The molecule has 4 nitrogen and oxygen atoms in total. The molecule has 2 rings (SSSR count). The molecule has 0 atom stereocenters. The van der Waals surface area contributed by atoms with Gasteiger partial charge in [-0.05, 0) is 29.8 Å². The summed E-state index contributed by atoms with van der Waals surface area (Å²) in [6.45, 7) is 0.255. The Bertz CT molecular complexity index is 557. The summed E-state index contributed by atoms with van der Waals surface area (Å²) in [6.07, 6.45) is 1.50. The number of nitrogens with two attached hydrogens (primary N) is 1. The van der Waals surface area contributed by atoms with E-state index in [9.17, 15) is 9.18 Å². The number of halogens is 1. The maximum atomic E-state index is 13.6. The van der Waals surface area contributed by atoms with Gasteiger partial charge in [0.1, 0.15) is 11.5 Å². The second kappa shape index (κ2) is 5.37. The van der Waals surface area contributed by atoms with Crippen LogP contribution in [0.1, 0.15) is 16.1 Å². The topological polar surface area (TPSA) is 68.0 Å². The minimum absolute atomic E-state index is 0.114. The highest BCUT2D eigenvalue weighted by Crippen LogP contribution is 2.16. The monoisotopic (exact) mass is 245 g/mol. The number of amides is 1. The molecule has 18 heavy (non-hydrogen) atoms. The van der Waals surface area contributed by atoms with E-state index in [1.807, 2.05) is 0 Å². The van der Waals surface area contributed by atoms with Gasteiger partial charge in [0.05, 0.1) is 5.69 Å². The minimum atomic E-state index is -0.512. The highest BCUT2D eigenvalue weighted by Gasteiger charge is 2.10. The Morgan fingerprint density at radius 1 is 1.33 bits per heavy atom. The van der Waals surface area contributed by atoms with Gasteiger partial charge in [-0.15, -0.1) is 0 Å². The average Bonchev–Trinajstić information content (AvgIpc) is 2.42. The summed E-state index contributed by atoms with van der Waals surface area (Å²) in [7, 11) is 0. The lowest BCUT2D eigenvalue weighted by Crippen LogP contribution is -2.14. The minimum Gasteiger partial charge on any atom is -0.326 e. The molecule has 3 N–H and O–H groups in total. The number of carbonyl (C=O) groups excluding carboxylic acids is 1. The third kappa shape index (κ3) is 2.70. The van der Waals surface area contributed by atoms with E-state index in [-0.39, 0.29) is 17.9 Å². The molecule has 0 aliphatic rings. The molecule has 0 aliphatic heterocycles. The smallest absolute Gasteiger partial charge is 0.274 e. The van der Waals surface area contributed by atoms with E-state index in [0.29, 0.717) is 5.56 Å². The Labute approximate surface area is 104 Å². The van der Waals surface area contributed by atoms with Gasteiger partial charge in [0.15, 0.2) is 0 Å². The lowest BCUT2D eigenvalue weighted by atomic mass is 10.2. The molecule has 0 fully saturated rings. The lowest BCUT2D eigenvalue weighted by Gasteiger charge is -2.07. The van der Waals surface area contributed by atoms with Crippen molar-refractivity contribution in [3.05, 3.63) is 59.7 Å². The van der Waals surface area contributed by atoms with Crippen LogP contribution in [0, 0.1) is 5.82 Å². The molecule has 0 unspecified atom stereocenters. The van der Waals surface area contributed by atoms with Crippen molar-refractivity contribution in [3.63, 3.8) is 0 Å². The highest BCUT2D eigenvalue weighted by atomic mass is 19.1. The number of hydrogen-bond donors (Lipinski definition) is 2. The number of rotatable bonds is 3. The van der Waals surface area contributed by atoms with Crippen LogP contribution in [-0.4, -0.2) is 10.9 Å². The SMILES string of the molecule is NCc1ccc(NC(=O)c2ccccn2)c(F)c1. The van der Waals surface area contributed by atoms with Crippen LogP contribution in [0.2, 0.25) is 0 Å². The zero-order valence-corrected chi connectivity index (χ0v) is 9.56. The van der Waals surface area contributed by atoms with Crippen LogP contribution in [0.3, 0.4) is 0 Å². The van der Waals surface area contributed by atoms with Crippen LogP contribution >= 0.6 is 0 Å². The van der Waals surface area contributed by atoms with Gasteiger partial charge in [0.2, 0.25) is 0 Å². The summed E-state index contributed by atoms with van der Waals surface area (Å²) >= 11 is 0. The molecular weight excluding hydrogens is 233 g/mol. The van der Waals surface area contributed by atoms with Crippen LogP contribution in [0.15, 0.2) is 42.6 Å². The van der Waals surface area contributed by atoms with Gasteiger partial charge in [-0.1, -0.05) is 12.1 Å². The van der Waals surface area contributed by atoms with Crippen molar-refractivity contribution in [3.8, 4) is 0 Å². The summed E-state index contributed by atoms with van der Waals surface area (Å²) in [5, 5.41) is 2.46. The number of carbonyl (C=O) groups is 1. The maximum Gasteiger partial charge on any atom is 0.274 e. The van der Waals surface area contributed by atoms with E-state index in [0.717, 1.165) is 0 Å². The molecule has 1 aromatic heterocycles. The third-order valence-electron chi connectivity index (χ3n) is 2.41. The molecule has 0 aliphatic carbocycles. The van der Waals surface area contributed by atoms with Gasteiger partial charge in [-0.3, -0.25) is 9.78 Å². The number of anilines is 1. The van der Waals surface area contributed by atoms with Crippen LogP contribution in [0.25, 0.3) is 0 Å². The van der Waals surface area contributed by atoms with Gasteiger partial charge in [0.25, 0.3) is 5.91 Å². The molecule has 5 heteroatoms. The predicted octanol–water partition coefficient (Wildman–Crippen LogP) is 1.93. The van der Waals surface area contributed by atoms with Crippen LogP contribution in [-0.2, 0) is 6.54 Å². The molecule has 0 bridgehead atoms. The number of aromatic nitrogens is 1. The van der Waals surface area contributed by atoms with Gasteiger partial charge in [-0.2, -0.15) is 0 Å². The molecule has 0 saturated carbocycles. The van der Waals surface area contributed by atoms with Gasteiger partial charge in [-0.25, -0.2) is 4.39 Å². The molecule has 1 heterocycles. The Morgan fingerprint density at radius 2 is 2.17 bits per heavy atom. The zero-order chi connectivity index (χ0) is 13.0. The van der Waals surface area contributed by atoms with Gasteiger partial charge < -0.3 is 11.1 Å². The molecule has 92 valence electrons. The summed E-state index contributed by atoms with van der Waals surface area (Å²) < 4.78 is 13.6. The van der Waals surface area contributed by atoms with Crippen molar-refractivity contribution < 1.29 is 9.18 Å². The molecular formula is C13H12FN3O. The number of benzene rings is 1. The van der Waals surface area contributed by atoms with Crippen molar-refractivity contribution in [2.24, 2.45) is 5.73 Å². The normalized spacial score (nSPS) is 10.1. The summed E-state index contributed by atoms with van der Waals surface area (Å²) in [4.78, 5) is 15.6. The van der Waals surface area contributed by atoms with Crippen molar-refractivity contribution in [1.82, 2.24) is 4.98 Å². The van der Waals surface area contributed by atoms with Crippen molar-refractivity contribution in [2.75, 3.05) is 5.32 Å². The van der Waals surface area contributed by atoms with Crippen LogP contribution in [0.4, 0.5) is 10.1 Å². The van der Waals surface area contributed by atoms with Crippen molar-refractivity contribution >= 4 is 11.6 Å². The lowest BCUT2D eigenvalue weighted by molar-refractivity contribution is 0.102. The zero-order valence-electron chi connectivity index (χ0n) is 9.56. The van der Waals surface area contributed by atoms with Crippen LogP contribution < -0.4 is 11.1 Å². The second-order valence-corrected chi connectivity index (χ2v) is 3.69. The van der Waals surface area contributed by atoms with E-state index < -0.39 is 11.7 Å². The highest BCUT2D eigenvalue weighted by molar-refractivity contribution is 6.02.